The van der Waals surface area contributed by atoms with Gasteiger partial charge in [-0.1, -0.05) is 6.92 Å². The van der Waals surface area contributed by atoms with Crippen molar-refractivity contribution in [1.29, 1.82) is 0 Å². The van der Waals surface area contributed by atoms with Crippen molar-refractivity contribution in [1.82, 2.24) is 10.2 Å². The van der Waals surface area contributed by atoms with E-state index in [1.807, 2.05) is 0 Å². The highest BCUT2D eigenvalue weighted by molar-refractivity contribution is 5.06. The van der Waals surface area contributed by atoms with Gasteiger partial charge in [0.25, 0.3) is 0 Å². The normalized spacial score (nSPS) is 33.0. The summed E-state index contributed by atoms with van der Waals surface area (Å²) in [5.41, 5.74) is -0.123. The van der Waals surface area contributed by atoms with Gasteiger partial charge >= 0.3 is 0 Å². The molecule has 0 aromatic carbocycles. The highest BCUT2D eigenvalue weighted by Gasteiger charge is 2.53. The van der Waals surface area contributed by atoms with Crippen LogP contribution in [0.4, 0.5) is 0 Å². The Hall–Kier alpha value is -0.120. The van der Waals surface area contributed by atoms with Gasteiger partial charge in [-0.2, -0.15) is 0 Å². The molecule has 2 fully saturated rings. The van der Waals surface area contributed by atoms with Gasteiger partial charge in [-0.15, -0.1) is 0 Å². The zero-order valence-electron chi connectivity index (χ0n) is 13.6. The lowest BCUT2D eigenvalue weighted by molar-refractivity contribution is -0.0795. The van der Waals surface area contributed by atoms with E-state index in [2.05, 4.69) is 51.9 Å². The minimum Gasteiger partial charge on any atom is -0.368 e. The number of nitrogens with zero attached hydrogens (tertiary/aromatic N) is 1. The molecule has 1 saturated heterocycles. The number of likely N-dealkylation sites (N-methyl/N-ethyl adjacent to an activating group) is 1. The average Bonchev–Trinajstić information content (AvgIpc) is 3.06. The quantitative estimate of drug-likeness (QED) is 0.801. The van der Waals surface area contributed by atoms with Crippen LogP contribution in [0.25, 0.3) is 0 Å². The van der Waals surface area contributed by atoms with Gasteiger partial charge < -0.3 is 10.1 Å². The van der Waals surface area contributed by atoms with Crippen molar-refractivity contribution in [3.63, 3.8) is 0 Å². The first-order valence-electron chi connectivity index (χ1n) is 7.93. The predicted octanol–water partition coefficient (Wildman–Crippen LogP) is 2.65. The van der Waals surface area contributed by atoms with Crippen molar-refractivity contribution in [2.24, 2.45) is 5.92 Å². The number of hydrogen-bond donors (Lipinski definition) is 1. The van der Waals surface area contributed by atoms with E-state index in [1.165, 1.54) is 32.4 Å². The molecule has 3 heteroatoms. The van der Waals surface area contributed by atoms with Gasteiger partial charge in [0.2, 0.25) is 0 Å². The molecule has 1 saturated carbocycles. The first kappa shape index (κ1) is 15.3. The number of ether oxygens (including phenoxy) is 1. The van der Waals surface area contributed by atoms with Crippen molar-refractivity contribution in [3.8, 4) is 0 Å². The average molecular weight is 268 g/mol. The van der Waals surface area contributed by atoms with Crippen LogP contribution in [0.1, 0.15) is 53.9 Å². The van der Waals surface area contributed by atoms with E-state index in [-0.39, 0.29) is 11.2 Å². The summed E-state index contributed by atoms with van der Waals surface area (Å²) in [7, 11) is 2.07. The van der Waals surface area contributed by atoms with E-state index in [9.17, 15) is 0 Å². The number of rotatable bonds is 6. The lowest BCUT2D eigenvalue weighted by atomic mass is 9.82. The van der Waals surface area contributed by atoms with Crippen LogP contribution in [0, 0.1) is 5.92 Å². The second kappa shape index (κ2) is 5.34. The van der Waals surface area contributed by atoms with Crippen LogP contribution < -0.4 is 5.32 Å². The smallest absolute Gasteiger partial charge is 0.0790 e. The Morgan fingerprint density at radius 1 is 1.16 bits per heavy atom. The molecule has 0 bridgehead atoms. The molecule has 0 amide bonds. The Morgan fingerprint density at radius 2 is 1.79 bits per heavy atom. The van der Waals surface area contributed by atoms with E-state index < -0.39 is 0 Å². The third-order valence-corrected chi connectivity index (χ3v) is 4.89. The monoisotopic (exact) mass is 268 g/mol. The fourth-order valence-corrected chi connectivity index (χ4v) is 3.98. The Kier molecular flexibility index (Phi) is 4.29. The molecule has 3 nitrogen and oxygen atoms in total. The molecule has 2 unspecified atom stereocenters. The zero-order valence-corrected chi connectivity index (χ0v) is 13.6. The molecule has 0 aromatic heterocycles. The van der Waals surface area contributed by atoms with Crippen LogP contribution in [0.15, 0.2) is 0 Å². The molecule has 2 atom stereocenters. The minimum absolute atomic E-state index is 0.0436. The summed E-state index contributed by atoms with van der Waals surface area (Å²) < 4.78 is 6.34. The van der Waals surface area contributed by atoms with Gasteiger partial charge in [-0.3, -0.25) is 4.90 Å². The molecule has 112 valence electrons. The van der Waals surface area contributed by atoms with Gasteiger partial charge in [0.05, 0.1) is 11.2 Å². The molecule has 1 heterocycles. The first-order valence-corrected chi connectivity index (χ1v) is 7.93. The molecule has 1 aliphatic carbocycles. The minimum atomic E-state index is -0.0790. The lowest BCUT2D eigenvalue weighted by Crippen LogP contribution is -2.50. The van der Waals surface area contributed by atoms with E-state index >= 15 is 0 Å². The fourth-order valence-electron chi connectivity index (χ4n) is 3.98. The van der Waals surface area contributed by atoms with E-state index in [0.717, 1.165) is 6.04 Å². The van der Waals surface area contributed by atoms with Crippen molar-refractivity contribution < 1.29 is 4.74 Å². The van der Waals surface area contributed by atoms with E-state index in [4.69, 9.17) is 4.74 Å². The molecule has 1 aliphatic heterocycles. The maximum Gasteiger partial charge on any atom is 0.0790 e. The summed E-state index contributed by atoms with van der Waals surface area (Å²) in [5.74, 6) is 0.555. The standard InChI is InChI=1S/C16H32N2O/c1-7-10-18(12-8-9-12)11-13-14(17-6)16(4,5)19-15(13,2)3/h12-14,17H,7-11H2,1-6H3. The maximum atomic E-state index is 6.34. The van der Waals surface area contributed by atoms with Crippen LogP contribution in [0.3, 0.4) is 0 Å². The van der Waals surface area contributed by atoms with Crippen molar-refractivity contribution in [2.45, 2.75) is 77.2 Å². The molecule has 2 aliphatic rings. The molecule has 2 rings (SSSR count). The summed E-state index contributed by atoms with van der Waals surface area (Å²) in [6.07, 6.45) is 4.03. The number of nitrogens with one attached hydrogen (secondary N) is 1. The summed E-state index contributed by atoms with van der Waals surface area (Å²) in [6, 6.07) is 1.28. The summed E-state index contributed by atoms with van der Waals surface area (Å²) in [4.78, 5) is 2.70. The van der Waals surface area contributed by atoms with Gasteiger partial charge in [-0.05, 0) is 60.5 Å². The Balaban J connectivity index is 2.11. The SMILES string of the molecule is CCCN(CC1C(NC)C(C)(C)OC1(C)C)C1CC1. The van der Waals surface area contributed by atoms with Crippen molar-refractivity contribution >= 4 is 0 Å². The highest BCUT2D eigenvalue weighted by atomic mass is 16.5. The molecule has 19 heavy (non-hydrogen) atoms. The Bertz CT molecular complexity index is 310. The van der Waals surface area contributed by atoms with Gasteiger partial charge in [0.15, 0.2) is 0 Å². The molecule has 0 aromatic rings. The van der Waals surface area contributed by atoms with Crippen molar-refractivity contribution in [2.75, 3.05) is 20.1 Å². The third-order valence-electron chi connectivity index (χ3n) is 4.89. The molecule has 1 N–H and O–H groups in total. The largest absolute Gasteiger partial charge is 0.368 e. The van der Waals surface area contributed by atoms with Crippen LogP contribution >= 0.6 is 0 Å². The lowest BCUT2D eigenvalue weighted by Gasteiger charge is -2.34. The summed E-state index contributed by atoms with van der Waals surface area (Å²) in [6.45, 7) is 13.6. The fraction of sp³-hybridized carbons (Fsp3) is 1.00. The van der Waals surface area contributed by atoms with Gasteiger partial charge in [0, 0.05) is 24.5 Å². The maximum absolute atomic E-state index is 6.34. The molecule has 0 spiro atoms. The first-order chi connectivity index (χ1) is 8.81. The van der Waals surface area contributed by atoms with Crippen molar-refractivity contribution in [3.05, 3.63) is 0 Å². The Labute approximate surface area is 119 Å². The molecular formula is C16H32N2O. The van der Waals surface area contributed by atoms with E-state index in [1.54, 1.807) is 0 Å². The zero-order chi connectivity index (χ0) is 14.3. The van der Waals surface area contributed by atoms with E-state index in [0.29, 0.717) is 12.0 Å². The molecule has 0 radical (unpaired) electrons. The predicted molar refractivity (Wildman–Crippen MR) is 80.5 cm³/mol. The van der Waals surface area contributed by atoms with Gasteiger partial charge in [0.1, 0.15) is 0 Å². The van der Waals surface area contributed by atoms with Gasteiger partial charge in [-0.25, -0.2) is 0 Å². The van der Waals surface area contributed by atoms with Crippen LogP contribution in [0.2, 0.25) is 0 Å². The number of hydrogen-bond acceptors (Lipinski definition) is 3. The summed E-state index contributed by atoms with van der Waals surface area (Å²) >= 11 is 0. The summed E-state index contributed by atoms with van der Waals surface area (Å²) in [5, 5.41) is 3.52. The molecular weight excluding hydrogens is 236 g/mol. The van der Waals surface area contributed by atoms with Crippen LogP contribution in [0.5, 0.6) is 0 Å². The topological polar surface area (TPSA) is 24.5 Å². The third kappa shape index (κ3) is 3.14. The second-order valence-corrected chi connectivity index (χ2v) is 7.41. The second-order valence-electron chi connectivity index (χ2n) is 7.41. The van der Waals surface area contributed by atoms with Crippen LogP contribution in [-0.2, 0) is 4.74 Å². The highest BCUT2D eigenvalue weighted by Crippen LogP contribution is 2.43. The van der Waals surface area contributed by atoms with Crippen LogP contribution in [-0.4, -0.2) is 48.3 Å². The Morgan fingerprint density at radius 3 is 2.26 bits per heavy atom.